The molecule has 4 heteroatoms. The van der Waals surface area contributed by atoms with Gasteiger partial charge in [-0.3, -0.25) is 4.79 Å². The maximum absolute atomic E-state index is 12.9. The normalized spacial score (nSPS) is 17.1. The number of carbonyl (C=O) groups is 1. The van der Waals surface area contributed by atoms with E-state index in [4.69, 9.17) is 0 Å². The first-order chi connectivity index (χ1) is 10.2. The molecule has 0 saturated heterocycles. The van der Waals surface area contributed by atoms with E-state index in [0.717, 1.165) is 13.0 Å². The first-order valence-electron chi connectivity index (χ1n) is 7.09. The third kappa shape index (κ3) is 3.11. The molecule has 2 aromatic rings. The molecule has 1 unspecified atom stereocenters. The Kier molecular flexibility index (Phi) is 3.97. The van der Waals surface area contributed by atoms with Gasteiger partial charge in [0.15, 0.2) is 0 Å². The molecule has 0 bridgehead atoms. The molecule has 3 rings (SSSR count). The Morgan fingerprint density at radius 2 is 1.95 bits per heavy atom. The molecule has 21 heavy (non-hydrogen) atoms. The molecule has 1 atom stereocenters. The van der Waals surface area contributed by atoms with Crippen molar-refractivity contribution in [1.82, 2.24) is 10.6 Å². The van der Waals surface area contributed by atoms with Crippen LogP contribution in [0.15, 0.2) is 48.5 Å². The molecular weight excluding hydrogens is 267 g/mol. The van der Waals surface area contributed by atoms with Gasteiger partial charge >= 0.3 is 0 Å². The lowest BCUT2D eigenvalue weighted by Crippen LogP contribution is -2.38. The standard InChI is InChI=1S/C17H17FN2O/c18-14-7-5-13(6-8-14)17(21)20-11-16-15-4-2-1-3-12(15)9-10-19-16/h1-8,16,19H,9-11H2,(H,20,21). The molecule has 0 fully saturated rings. The highest BCUT2D eigenvalue weighted by atomic mass is 19.1. The Morgan fingerprint density at radius 3 is 2.76 bits per heavy atom. The lowest BCUT2D eigenvalue weighted by Gasteiger charge is -2.27. The summed E-state index contributed by atoms with van der Waals surface area (Å²) in [6, 6.07) is 14.0. The number of benzene rings is 2. The zero-order chi connectivity index (χ0) is 14.7. The summed E-state index contributed by atoms with van der Waals surface area (Å²) in [6.07, 6.45) is 1.01. The van der Waals surface area contributed by atoms with Crippen molar-refractivity contribution in [2.75, 3.05) is 13.1 Å². The minimum Gasteiger partial charge on any atom is -0.350 e. The number of carbonyl (C=O) groups excluding carboxylic acids is 1. The predicted molar refractivity (Wildman–Crippen MR) is 79.6 cm³/mol. The maximum Gasteiger partial charge on any atom is 0.251 e. The van der Waals surface area contributed by atoms with Gasteiger partial charge in [0.05, 0.1) is 0 Å². The van der Waals surface area contributed by atoms with Crippen LogP contribution in [0, 0.1) is 5.82 Å². The molecule has 2 N–H and O–H groups in total. The summed E-state index contributed by atoms with van der Waals surface area (Å²) in [4.78, 5) is 12.0. The van der Waals surface area contributed by atoms with E-state index >= 15 is 0 Å². The highest BCUT2D eigenvalue weighted by Gasteiger charge is 2.19. The van der Waals surface area contributed by atoms with Gasteiger partial charge in [0.1, 0.15) is 5.82 Å². The Hall–Kier alpha value is -2.20. The predicted octanol–water partition coefficient (Wildman–Crippen LogP) is 2.44. The van der Waals surface area contributed by atoms with E-state index < -0.39 is 0 Å². The van der Waals surface area contributed by atoms with E-state index in [-0.39, 0.29) is 17.8 Å². The van der Waals surface area contributed by atoms with Gasteiger partial charge in [0.2, 0.25) is 0 Å². The van der Waals surface area contributed by atoms with Gasteiger partial charge in [-0.25, -0.2) is 4.39 Å². The van der Waals surface area contributed by atoms with Crippen molar-refractivity contribution in [1.29, 1.82) is 0 Å². The molecule has 1 heterocycles. The fraction of sp³-hybridized carbons (Fsp3) is 0.235. The third-order valence-corrected chi connectivity index (χ3v) is 3.79. The smallest absolute Gasteiger partial charge is 0.251 e. The van der Waals surface area contributed by atoms with E-state index in [0.29, 0.717) is 12.1 Å². The SMILES string of the molecule is O=C(NCC1NCCc2ccccc21)c1ccc(F)cc1. The van der Waals surface area contributed by atoms with Crippen LogP contribution in [-0.2, 0) is 6.42 Å². The molecule has 0 saturated carbocycles. The summed E-state index contributed by atoms with van der Waals surface area (Å²) in [5, 5.41) is 6.32. The van der Waals surface area contributed by atoms with Crippen LogP contribution in [0.5, 0.6) is 0 Å². The number of halogens is 1. The second-order valence-electron chi connectivity index (χ2n) is 5.17. The number of hydrogen-bond acceptors (Lipinski definition) is 2. The van der Waals surface area contributed by atoms with Gasteiger partial charge in [-0.1, -0.05) is 24.3 Å². The van der Waals surface area contributed by atoms with Gasteiger partial charge in [0, 0.05) is 18.2 Å². The molecule has 1 amide bonds. The number of hydrogen-bond donors (Lipinski definition) is 2. The zero-order valence-electron chi connectivity index (χ0n) is 11.6. The molecule has 3 nitrogen and oxygen atoms in total. The molecule has 1 aliphatic heterocycles. The fourth-order valence-electron chi connectivity index (χ4n) is 2.67. The minimum absolute atomic E-state index is 0.124. The molecule has 0 spiro atoms. The van der Waals surface area contributed by atoms with Gasteiger partial charge in [-0.2, -0.15) is 0 Å². The van der Waals surface area contributed by atoms with Crippen molar-refractivity contribution in [3.05, 3.63) is 71.0 Å². The molecule has 0 aliphatic carbocycles. The van der Waals surface area contributed by atoms with Gasteiger partial charge < -0.3 is 10.6 Å². The van der Waals surface area contributed by atoms with Crippen molar-refractivity contribution in [3.63, 3.8) is 0 Å². The summed E-state index contributed by atoms with van der Waals surface area (Å²) in [5.74, 6) is -0.519. The first kappa shape index (κ1) is 13.8. The Labute approximate surface area is 123 Å². The van der Waals surface area contributed by atoms with Crippen molar-refractivity contribution >= 4 is 5.91 Å². The zero-order valence-corrected chi connectivity index (χ0v) is 11.6. The highest BCUT2D eigenvalue weighted by molar-refractivity contribution is 5.94. The van der Waals surface area contributed by atoms with Crippen LogP contribution >= 0.6 is 0 Å². The van der Waals surface area contributed by atoms with Crippen molar-refractivity contribution in [2.45, 2.75) is 12.5 Å². The molecular formula is C17H17FN2O. The van der Waals surface area contributed by atoms with Crippen LogP contribution in [-0.4, -0.2) is 19.0 Å². The van der Waals surface area contributed by atoms with Crippen LogP contribution in [0.2, 0.25) is 0 Å². The quantitative estimate of drug-likeness (QED) is 0.909. The first-order valence-corrected chi connectivity index (χ1v) is 7.09. The van der Waals surface area contributed by atoms with Crippen molar-refractivity contribution < 1.29 is 9.18 Å². The lowest BCUT2D eigenvalue weighted by molar-refractivity contribution is 0.0949. The Balaban J connectivity index is 1.66. The second kappa shape index (κ2) is 6.06. The van der Waals surface area contributed by atoms with Crippen LogP contribution < -0.4 is 10.6 Å². The highest BCUT2D eigenvalue weighted by Crippen LogP contribution is 2.21. The van der Waals surface area contributed by atoms with Crippen LogP contribution in [0.3, 0.4) is 0 Å². The third-order valence-electron chi connectivity index (χ3n) is 3.79. The monoisotopic (exact) mass is 284 g/mol. The number of rotatable bonds is 3. The summed E-state index contributed by atoms with van der Waals surface area (Å²) < 4.78 is 12.9. The average Bonchev–Trinajstić information content (AvgIpc) is 2.53. The maximum atomic E-state index is 12.9. The van der Waals surface area contributed by atoms with Gasteiger partial charge in [-0.15, -0.1) is 0 Å². The van der Waals surface area contributed by atoms with E-state index in [9.17, 15) is 9.18 Å². The molecule has 108 valence electrons. The van der Waals surface area contributed by atoms with E-state index in [1.165, 1.54) is 35.4 Å². The Morgan fingerprint density at radius 1 is 1.19 bits per heavy atom. The van der Waals surface area contributed by atoms with Crippen LogP contribution in [0.4, 0.5) is 4.39 Å². The Bertz CT molecular complexity index is 639. The number of nitrogens with one attached hydrogen (secondary N) is 2. The minimum atomic E-state index is -0.338. The fourth-order valence-corrected chi connectivity index (χ4v) is 2.67. The van der Waals surface area contributed by atoms with E-state index in [2.05, 4.69) is 22.8 Å². The topological polar surface area (TPSA) is 41.1 Å². The molecule has 1 aliphatic rings. The van der Waals surface area contributed by atoms with E-state index in [1.54, 1.807) is 0 Å². The summed E-state index contributed by atoms with van der Waals surface area (Å²) in [6.45, 7) is 1.43. The van der Waals surface area contributed by atoms with Crippen LogP contribution in [0.1, 0.15) is 27.5 Å². The lowest BCUT2D eigenvalue weighted by atomic mass is 9.94. The molecule has 0 radical (unpaired) electrons. The molecule has 0 aromatic heterocycles. The number of fused-ring (bicyclic) bond motifs is 1. The summed E-state index contributed by atoms with van der Waals surface area (Å²) in [7, 11) is 0. The van der Waals surface area contributed by atoms with Crippen molar-refractivity contribution in [2.24, 2.45) is 0 Å². The number of amides is 1. The van der Waals surface area contributed by atoms with Gasteiger partial charge in [0.25, 0.3) is 5.91 Å². The second-order valence-corrected chi connectivity index (χ2v) is 5.17. The summed E-state index contributed by atoms with van der Waals surface area (Å²) >= 11 is 0. The summed E-state index contributed by atoms with van der Waals surface area (Å²) in [5.41, 5.74) is 3.04. The van der Waals surface area contributed by atoms with E-state index in [1.807, 2.05) is 12.1 Å². The van der Waals surface area contributed by atoms with Crippen LogP contribution in [0.25, 0.3) is 0 Å². The average molecular weight is 284 g/mol. The van der Waals surface area contributed by atoms with Crippen molar-refractivity contribution in [3.8, 4) is 0 Å². The van der Waals surface area contributed by atoms with Gasteiger partial charge in [-0.05, 0) is 48.4 Å². The largest absolute Gasteiger partial charge is 0.350 e. The molecule has 2 aromatic carbocycles.